The van der Waals surface area contributed by atoms with E-state index in [0.29, 0.717) is 6.42 Å². The van der Waals surface area contributed by atoms with Crippen LogP contribution in [0, 0.1) is 0 Å². The Morgan fingerprint density at radius 2 is 2.33 bits per heavy atom. The zero-order valence-electron chi connectivity index (χ0n) is 5.68. The first-order valence-electron chi connectivity index (χ1n) is 3.12. The summed E-state index contributed by atoms with van der Waals surface area (Å²) in [4.78, 5) is 10.1. The first-order valence-corrected chi connectivity index (χ1v) is 3.12. The van der Waals surface area contributed by atoms with Crippen molar-refractivity contribution in [1.29, 1.82) is 0 Å². The average Bonchev–Trinajstić information content (AvgIpc) is 1.63. The van der Waals surface area contributed by atoms with Gasteiger partial charge in [0.05, 0.1) is 0 Å². The van der Waals surface area contributed by atoms with E-state index in [1.165, 1.54) is 0 Å². The monoisotopic (exact) mass is 129 g/mol. The molecule has 0 aliphatic carbocycles. The second-order valence-corrected chi connectivity index (χ2v) is 2.26. The van der Waals surface area contributed by atoms with E-state index in [-0.39, 0.29) is 11.9 Å². The van der Waals surface area contributed by atoms with E-state index in [9.17, 15) is 4.79 Å². The van der Waals surface area contributed by atoms with Crippen LogP contribution in [0.25, 0.3) is 5.73 Å². The Labute approximate surface area is 55.4 Å². The van der Waals surface area contributed by atoms with Crippen molar-refractivity contribution in [1.82, 2.24) is 0 Å². The van der Waals surface area contributed by atoms with E-state index in [0.717, 1.165) is 12.8 Å². The van der Waals surface area contributed by atoms with E-state index in [1.54, 1.807) is 6.92 Å². The number of nitrogens with one attached hydrogen (secondary N) is 1. The summed E-state index contributed by atoms with van der Waals surface area (Å²) in [5.74, 6) is -0.268. The SMILES string of the molecule is C[C@@H]([NH-])CCCC(N)=O. The fourth-order valence-electron chi connectivity index (χ4n) is 0.582. The lowest BCUT2D eigenvalue weighted by molar-refractivity contribution is -0.118. The van der Waals surface area contributed by atoms with Gasteiger partial charge in [-0.2, -0.15) is 0 Å². The Bertz CT molecular complexity index is 91.1. The van der Waals surface area contributed by atoms with Crippen LogP contribution in [0.4, 0.5) is 0 Å². The molecule has 0 aliphatic rings. The van der Waals surface area contributed by atoms with Crippen LogP contribution >= 0.6 is 0 Å². The molecule has 9 heavy (non-hydrogen) atoms. The topological polar surface area (TPSA) is 66.9 Å². The number of nitrogens with two attached hydrogens (primary N) is 1. The molecule has 3 heteroatoms. The smallest absolute Gasteiger partial charge is 0.217 e. The minimum Gasteiger partial charge on any atom is -0.675 e. The fraction of sp³-hybridized carbons (Fsp3) is 0.833. The maximum absolute atomic E-state index is 10.1. The van der Waals surface area contributed by atoms with Gasteiger partial charge < -0.3 is 11.5 Å². The highest BCUT2D eigenvalue weighted by Crippen LogP contribution is 2.00. The molecule has 0 fully saturated rings. The molecule has 0 heterocycles. The predicted octanol–water partition coefficient (Wildman–Crippen LogP) is 1.08. The molecule has 0 unspecified atom stereocenters. The van der Waals surface area contributed by atoms with Crippen molar-refractivity contribution >= 4 is 5.91 Å². The third-order valence-electron chi connectivity index (χ3n) is 1.06. The zero-order chi connectivity index (χ0) is 7.28. The standard InChI is InChI=1S/C6H13N2O/c1-5(7)3-2-4-6(8)9/h5,7H,2-4H2,1H3,(H2,8,9)/q-1/t5-/m1/s1. The summed E-state index contributed by atoms with van der Waals surface area (Å²) < 4.78 is 0. The Morgan fingerprint density at radius 1 is 1.78 bits per heavy atom. The maximum atomic E-state index is 10.1. The third kappa shape index (κ3) is 7.43. The van der Waals surface area contributed by atoms with Crippen molar-refractivity contribution in [3.05, 3.63) is 5.73 Å². The van der Waals surface area contributed by atoms with Crippen LogP contribution < -0.4 is 5.73 Å². The second-order valence-electron chi connectivity index (χ2n) is 2.26. The highest BCUT2D eigenvalue weighted by molar-refractivity contribution is 5.73. The molecular weight excluding hydrogens is 116 g/mol. The third-order valence-corrected chi connectivity index (χ3v) is 1.06. The van der Waals surface area contributed by atoms with Gasteiger partial charge in [0.25, 0.3) is 0 Å². The summed E-state index contributed by atoms with van der Waals surface area (Å²) in [6.45, 7) is 1.81. The van der Waals surface area contributed by atoms with Crippen molar-refractivity contribution in [3.8, 4) is 0 Å². The van der Waals surface area contributed by atoms with Gasteiger partial charge in [0.15, 0.2) is 0 Å². The van der Waals surface area contributed by atoms with Crippen LogP contribution in [0.1, 0.15) is 26.2 Å². The minimum absolute atomic E-state index is 0.0654. The van der Waals surface area contributed by atoms with Crippen LogP contribution in [0.15, 0.2) is 0 Å². The predicted molar refractivity (Wildman–Crippen MR) is 36.8 cm³/mol. The first-order chi connectivity index (χ1) is 4.13. The lowest BCUT2D eigenvalue weighted by Gasteiger charge is -2.10. The Hall–Kier alpha value is -0.570. The highest BCUT2D eigenvalue weighted by atomic mass is 16.1. The molecule has 0 spiro atoms. The van der Waals surface area contributed by atoms with Gasteiger partial charge in [0.1, 0.15) is 0 Å². The van der Waals surface area contributed by atoms with E-state index in [2.05, 4.69) is 0 Å². The number of rotatable bonds is 4. The first kappa shape index (κ1) is 8.43. The molecule has 0 radical (unpaired) electrons. The largest absolute Gasteiger partial charge is 0.675 e. The quantitative estimate of drug-likeness (QED) is 0.606. The molecule has 3 N–H and O–H groups in total. The van der Waals surface area contributed by atoms with Crippen molar-refractivity contribution in [2.24, 2.45) is 5.73 Å². The lowest BCUT2D eigenvalue weighted by Crippen LogP contribution is -2.10. The van der Waals surface area contributed by atoms with Gasteiger partial charge in [0.2, 0.25) is 5.91 Å². The van der Waals surface area contributed by atoms with Gasteiger partial charge in [-0.3, -0.25) is 4.79 Å². The summed E-state index contributed by atoms with van der Waals surface area (Å²) in [6.07, 6.45) is 1.94. The summed E-state index contributed by atoms with van der Waals surface area (Å²) in [5, 5.41) is 0. The lowest BCUT2D eigenvalue weighted by atomic mass is 10.1. The summed E-state index contributed by atoms with van der Waals surface area (Å²) in [7, 11) is 0. The fourth-order valence-corrected chi connectivity index (χ4v) is 0.582. The number of amides is 1. The molecular formula is C6H13N2O-. The molecule has 0 aromatic heterocycles. The van der Waals surface area contributed by atoms with Gasteiger partial charge >= 0.3 is 0 Å². The number of hydrogen-bond donors (Lipinski definition) is 1. The van der Waals surface area contributed by atoms with E-state index < -0.39 is 0 Å². The Kier molecular flexibility index (Phi) is 4.05. The number of hydrogen-bond acceptors (Lipinski definition) is 1. The minimum atomic E-state index is -0.268. The van der Waals surface area contributed by atoms with E-state index >= 15 is 0 Å². The summed E-state index contributed by atoms with van der Waals surface area (Å²) in [5.41, 5.74) is 11.9. The normalized spacial score (nSPS) is 13.1. The van der Waals surface area contributed by atoms with Crippen LogP contribution in [0.2, 0.25) is 0 Å². The van der Waals surface area contributed by atoms with Gasteiger partial charge in [-0.05, 0) is 6.42 Å². The Morgan fingerprint density at radius 3 is 2.67 bits per heavy atom. The molecule has 0 aromatic rings. The summed E-state index contributed by atoms with van der Waals surface area (Å²) in [6, 6.07) is -0.0654. The molecule has 0 saturated carbocycles. The molecule has 1 atom stereocenters. The molecule has 1 amide bonds. The van der Waals surface area contributed by atoms with Crippen LogP contribution in [-0.4, -0.2) is 11.9 Å². The van der Waals surface area contributed by atoms with Gasteiger partial charge in [-0.25, -0.2) is 0 Å². The van der Waals surface area contributed by atoms with Gasteiger partial charge in [-0.1, -0.05) is 13.3 Å². The van der Waals surface area contributed by atoms with Crippen LogP contribution in [0.3, 0.4) is 0 Å². The Balaban J connectivity index is 3.01. The molecule has 0 bridgehead atoms. The number of carbonyl (C=O) groups excluding carboxylic acids is 1. The van der Waals surface area contributed by atoms with Crippen molar-refractivity contribution < 1.29 is 4.79 Å². The maximum Gasteiger partial charge on any atom is 0.217 e. The molecule has 0 aliphatic heterocycles. The van der Waals surface area contributed by atoms with Crippen LogP contribution in [0.5, 0.6) is 0 Å². The highest BCUT2D eigenvalue weighted by Gasteiger charge is 1.92. The molecule has 0 saturated heterocycles. The zero-order valence-corrected chi connectivity index (χ0v) is 5.68. The number of carbonyl (C=O) groups is 1. The van der Waals surface area contributed by atoms with Crippen molar-refractivity contribution in [2.45, 2.75) is 32.2 Å². The van der Waals surface area contributed by atoms with E-state index in [4.69, 9.17) is 11.5 Å². The van der Waals surface area contributed by atoms with Gasteiger partial charge in [0, 0.05) is 6.42 Å². The average molecular weight is 129 g/mol. The molecule has 54 valence electrons. The number of primary amides is 1. The molecule has 0 aromatic carbocycles. The molecule has 0 rings (SSSR count). The van der Waals surface area contributed by atoms with E-state index in [1.807, 2.05) is 0 Å². The van der Waals surface area contributed by atoms with Gasteiger partial charge in [-0.15, -0.1) is 6.04 Å². The second kappa shape index (κ2) is 4.32. The van der Waals surface area contributed by atoms with Crippen molar-refractivity contribution in [2.75, 3.05) is 0 Å². The van der Waals surface area contributed by atoms with Crippen LogP contribution in [-0.2, 0) is 4.79 Å². The molecule has 3 nitrogen and oxygen atoms in total. The summed E-state index contributed by atoms with van der Waals surface area (Å²) >= 11 is 0. The van der Waals surface area contributed by atoms with Crippen molar-refractivity contribution in [3.63, 3.8) is 0 Å².